The van der Waals surface area contributed by atoms with Gasteiger partial charge in [0.05, 0.1) is 0 Å². The smallest absolute Gasteiger partial charge is 0.0469 e. The molecule has 3 heteroatoms. The molecule has 0 N–H and O–H groups in total. The minimum absolute atomic E-state index is 0.870. The molecule has 2 aliphatic heterocycles. The van der Waals surface area contributed by atoms with Gasteiger partial charge in [-0.1, -0.05) is 12.8 Å². The minimum atomic E-state index is 0.870. The van der Waals surface area contributed by atoms with Crippen LogP contribution in [0.5, 0.6) is 0 Å². The normalized spacial score (nSPS) is 23.1. The lowest BCUT2D eigenvalue weighted by Gasteiger charge is -2.27. The van der Waals surface area contributed by atoms with Crippen molar-refractivity contribution in [1.29, 1.82) is 0 Å². The Labute approximate surface area is 118 Å². The Kier molecular flexibility index (Phi) is 7.18. The number of hydrogen-bond acceptors (Lipinski definition) is 3. The van der Waals surface area contributed by atoms with E-state index < -0.39 is 0 Å². The summed E-state index contributed by atoms with van der Waals surface area (Å²) in [5.41, 5.74) is 0. The van der Waals surface area contributed by atoms with E-state index in [-0.39, 0.29) is 0 Å². The number of unbranched alkanes of at least 4 members (excludes halogenated alkanes) is 1. The van der Waals surface area contributed by atoms with Crippen molar-refractivity contribution >= 4 is 0 Å². The van der Waals surface area contributed by atoms with Crippen molar-refractivity contribution in [2.45, 2.75) is 44.9 Å². The van der Waals surface area contributed by atoms with Crippen LogP contribution in [-0.2, 0) is 9.47 Å². The maximum absolute atomic E-state index is 5.42. The first-order chi connectivity index (χ1) is 9.34. The Bertz CT molecular complexity index is 223. The molecule has 0 radical (unpaired) electrons. The van der Waals surface area contributed by atoms with E-state index in [1.54, 1.807) is 0 Å². The molecule has 0 aromatic heterocycles. The summed E-state index contributed by atoms with van der Waals surface area (Å²) in [6.45, 7) is 6.47. The van der Waals surface area contributed by atoms with Gasteiger partial charge in [-0.15, -0.1) is 0 Å². The standard InChI is InChI=1S/C16H31NO2/c1-17(14-16-7-12-19-13-8-16)9-3-2-4-15-5-10-18-11-6-15/h15-16H,2-14H2,1H3. The van der Waals surface area contributed by atoms with Crippen molar-refractivity contribution in [3.05, 3.63) is 0 Å². The van der Waals surface area contributed by atoms with E-state index in [1.807, 2.05) is 0 Å². The topological polar surface area (TPSA) is 21.7 Å². The lowest BCUT2D eigenvalue weighted by atomic mass is 9.94. The molecule has 0 saturated carbocycles. The van der Waals surface area contributed by atoms with Crippen LogP contribution < -0.4 is 0 Å². The molecule has 2 fully saturated rings. The van der Waals surface area contributed by atoms with Crippen LogP contribution in [0.2, 0.25) is 0 Å². The molecule has 0 amide bonds. The SMILES string of the molecule is CN(CCCCC1CCOCC1)CC1CCOCC1. The lowest BCUT2D eigenvalue weighted by Crippen LogP contribution is -2.30. The van der Waals surface area contributed by atoms with E-state index in [4.69, 9.17) is 9.47 Å². The Morgan fingerprint density at radius 1 is 0.842 bits per heavy atom. The van der Waals surface area contributed by atoms with Crippen molar-refractivity contribution < 1.29 is 9.47 Å². The monoisotopic (exact) mass is 269 g/mol. The second-order valence-corrected chi connectivity index (χ2v) is 6.37. The van der Waals surface area contributed by atoms with Crippen LogP contribution in [-0.4, -0.2) is 51.5 Å². The Morgan fingerprint density at radius 2 is 1.42 bits per heavy atom. The van der Waals surface area contributed by atoms with Crippen molar-refractivity contribution in [3.8, 4) is 0 Å². The fourth-order valence-electron chi connectivity index (χ4n) is 3.31. The predicted molar refractivity (Wildman–Crippen MR) is 78.4 cm³/mol. The van der Waals surface area contributed by atoms with Crippen LogP contribution in [0.1, 0.15) is 44.9 Å². The second kappa shape index (κ2) is 8.93. The number of ether oxygens (including phenoxy) is 2. The van der Waals surface area contributed by atoms with Gasteiger partial charge in [-0.25, -0.2) is 0 Å². The third-order valence-electron chi connectivity index (χ3n) is 4.65. The third-order valence-corrected chi connectivity index (χ3v) is 4.65. The molecule has 112 valence electrons. The molecule has 2 heterocycles. The van der Waals surface area contributed by atoms with E-state index in [0.29, 0.717) is 0 Å². The molecule has 0 aromatic rings. The molecule has 2 rings (SSSR count). The molecule has 0 atom stereocenters. The average molecular weight is 269 g/mol. The maximum Gasteiger partial charge on any atom is 0.0469 e. The van der Waals surface area contributed by atoms with Crippen LogP contribution in [0.25, 0.3) is 0 Å². The van der Waals surface area contributed by atoms with Crippen LogP contribution in [0, 0.1) is 11.8 Å². The zero-order valence-electron chi connectivity index (χ0n) is 12.6. The van der Waals surface area contributed by atoms with Crippen molar-refractivity contribution in [1.82, 2.24) is 4.90 Å². The minimum Gasteiger partial charge on any atom is -0.381 e. The molecule has 0 unspecified atom stereocenters. The molecule has 0 bridgehead atoms. The van der Waals surface area contributed by atoms with E-state index >= 15 is 0 Å². The zero-order valence-corrected chi connectivity index (χ0v) is 12.6. The van der Waals surface area contributed by atoms with E-state index in [0.717, 1.165) is 38.3 Å². The van der Waals surface area contributed by atoms with Crippen molar-refractivity contribution in [3.63, 3.8) is 0 Å². The average Bonchev–Trinajstić information content (AvgIpc) is 2.46. The van der Waals surface area contributed by atoms with Crippen LogP contribution in [0.15, 0.2) is 0 Å². The predicted octanol–water partition coefficient (Wildman–Crippen LogP) is 2.94. The number of hydrogen-bond donors (Lipinski definition) is 0. The van der Waals surface area contributed by atoms with E-state index in [2.05, 4.69) is 11.9 Å². The molecule has 3 nitrogen and oxygen atoms in total. The Balaban J connectivity index is 1.47. The van der Waals surface area contributed by atoms with Gasteiger partial charge in [-0.2, -0.15) is 0 Å². The summed E-state index contributed by atoms with van der Waals surface area (Å²) in [6.07, 6.45) is 9.25. The first-order valence-electron chi connectivity index (χ1n) is 8.18. The van der Waals surface area contributed by atoms with Crippen molar-refractivity contribution in [2.24, 2.45) is 11.8 Å². The number of rotatable bonds is 7. The molecule has 19 heavy (non-hydrogen) atoms. The summed E-state index contributed by atoms with van der Waals surface area (Å²) in [7, 11) is 2.28. The summed E-state index contributed by atoms with van der Waals surface area (Å²) in [6, 6.07) is 0. The van der Waals surface area contributed by atoms with Gasteiger partial charge in [-0.3, -0.25) is 0 Å². The van der Waals surface area contributed by atoms with Crippen LogP contribution in [0.3, 0.4) is 0 Å². The molecule has 2 saturated heterocycles. The quantitative estimate of drug-likeness (QED) is 0.663. The molecule has 0 aromatic carbocycles. The Morgan fingerprint density at radius 3 is 2.05 bits per heavy atom. The third kappa shape index (κ3) is 6.24. The zero-order chi connectivity index (χ0) is 13.3. The fraction of sp³-hybridized carbons (Fsp3) is 1.00. The Hall–Kier alpha value is -0.120. The van der Waals surface area contributed by atoms with Gasteiger partial charge in [-0.05, 0) is 57.5 Å². The van der Waals surface area contributed by atoms with Gasteiger partial charge in [0, 0.05) is 33.0 Å². The summed E-state index contributed by atoms with van der Waals surface area (Å²) in [5.74, 6) is 1.81. The summed E-state index contributed by atoms with van der Waals surface area (Å²) < 4.78 is 10.8. The highest BCUT2D eigenvalue weighted by Gasteiger charge is 2.16. The molecular weight excluding hydrogens is 238 g/mol. The largest absolute Gasteiger partial charge is 0.381 e. The van der Waals surface area contributed by atoms with Gasteiger partial charge in [0.25, 0.3) is 0 Å². The first kappa shape index (κ1) is 15.3. The van der Waals surface area contributed by atoms with E-state index in [9.17, 15) is 0 Å². The maximum atomic E-state index is 5.42. The van der Waals surface area contributed by atoms with Gasteiger partial charge in [0.1, 0.15) is 0 Å². The molecule has 2 aliphatic rings. The van der Waals surface area contributed by atoms with Gasteiger partial charge >= 0.3 is 0 Å². The molecule has 0 aliphatic carbocycles. The molecular formula is C16H31NO2. The van der Waals surface area contributed by atoms with Gasteiger partial charge in [0.2, 0.25) is 0 Å². The van der Waals surface area contributed by atoms with Gasteiger partial charge in [0.15, 0.2) is 0 Å². The first-order valence-corrected chi connectivity index (χ1v) is 8.18. The molecule has 0 spiro atoms. The van der Waals surface area contributed by atoms with Crippen molar-refractivity contribution in [2.75, 3.05) is 46.6 Å². The van der Waals surface area contributed by atoms with Gasteiger partial charge < -0.3 is 14.4 Å². The highest BCUT2D eigenvalue weighted by atomic mass is 16.5. The van der Waals surface area contributed by atoms with E-state index in [1.165, 1.54) is 58.0 Å². The fourth-order valence-corrected chi connectivity index (χ4v) is 3.31. The highest BCUT2D eigenvalue weighted by Crippen LogP contribution is 2.21. The summed E-state index contributed by atoms with van der Waals surface area (Å²) in [4.78, 5) is 2.53. The number of nitrogens with zero attached hydrogens (tertiary/aromatic N) is 1. The summed E-state index contributed by atoms with van der Waals surface area (Å²) in [5, 5.41) is 0. The highest BCUT2D eigenvalue weighted by molar-refractivity contribution is 4.68. The van der Waals surface area contributed by atoms with Crippen LogP contribution in [0.4, 0.5) is 0 Å². The lowest BCUT2D eigenvalue weighted by molar-refractivity contribution is 0.0547. The summed E-state index contributed by atoms with van der Waals surface area (Å²) >= 11 is 0. The van der Waals surface area contributed by atoms with Crippen LogP contribution >= 0.6 is 0 Å². The second-order valence-electron chi connectivity index (χ2n) is 6.37.